The first-order valence-corrected chi connectivity index (χ1v) is 13.4. The summed E-state index contributed by atoms with van der Waals surface area (Å²) in [4.78, 5) is 36.9. The molecular formula is C27H36F3N7O2. The number of aromatic nitrogens is 2. The number of amides is 2. The van der Waals surface area contributed by atoms with E-state index in [2.05, 4.69) is 37.9 Å². The molecule has 2 fully saturated rings. The number of piperidine rings is 1. The number of benzene rings is 1. The van der Waals surface area contributed by atoms with Crippen molar-refractivity contribution >= 4 is 29.3 Å². The van der Waals surface area contributed by atoms with Crippen LogP contribution >= 0.6 is 0 Å². The summed E-state index contributed by atoms with van der Waals surface area (Å²) in [6.07, 6.45) is 0.321. The second-order valence-electron chi connectivity index (χ2n) is 10.3. The quantitative estimate of drug-likeness (QED) is 0.454. The number of hydrogen-bond donors (Lipinski definition) is 3. The fourth-order valence-electron chi connectivity index (χ4n) is 5.13. The molecule has 39 heavy (non-hydrogen) atoms. The van der Waals surface area contributed by atoms with Crippen LogP contribution in [0.4, 0.5) is 30.6 Å². The van der Waals surface area contributed by atoms with Gasteiger partial charge in [0.15, 0.2) is 0 Å². The zero-order valence-electron chi connectivity index (χ0n) is 22.5. The van der Waals surface area contributed by atoms with Crippen molar-refractivity contribution in [2.45, 2.75) is 69.8 Å². The molecule has 1 aliphatic heterocycles. The molecular weight excluding hydrogens is 511 g/mol. The number of nitrogens with zero attached hydrogens (tertiary/aromatic N) is 4. The SMILES string of the molecule is CCC(=O)N[C@H]1CCC[C@H]1Nc1nc(Nc2ccc(C(=O)N(C)C3CCN(C)CC3)cc2)ncc1C(F)(F)F. The third kappa shape index (κ3) is 7.17. The number of rotatable bonds is 8. The second kappa shape index (κ2) is 12.2. The van der Waals surface area contributed by atoms with Crippen molar-refractivity contribution in [2.75, 3.05) is 37.8 Å². The zero-order chi connectivity index (χ0) is 28.2. The third-order valence-electron chi connectivity index (χ3n) is 7.54. The Hall–Kier alpha value is -3.41. The van der Waals surface area contributed by atoms with Gasteiger partial charge < -0.3 is 25.8 Å². The van der Waals surface area contributed by atoms with Gasteiger partial charge in [-0.1, -0.05) is 6.92 Å². The van der Waals surface area contributed by atoms with Crippen molar-refractivity contribution in [1.82, 2.24) is 25.1 Å². The van der Waals surface area contributed by atoms with Gasteiger partial charge >= 0.3 is 6.18 Å². The smallest absolute Gasteiger partial charge is 0.365 e. The standard InChI is InChI=1S/C27H36F3N7O2/c1-4-23(38)33-21-6-5-7-22(21)34-24-20(27(28,29)30)16-31-26(35-24)32-18-10-8-17(9-11-18)25(39)37(3)19-12-14-36(2)15-13-19/h8-11,16,19,21-22H,4-7,12-15H2,1-3H3,(H,33,38)(H2,31,32,34,35)/t21-,22+/m0/s1. The van der Waals surface area contributed by atoms with Gasteiger partial charge in [-0.2, -0.15) is 18.2 Å². The maximum absolute atomic E-state index is 13.7. The maximum atomic E-state index is 13.7. The maximum Gasteiger partial charge on any atom is 0.421 e. The predicted octanol–water partition coefficient (Wildman–Crippen LogP) is 4.26. The van der Waals surface area contributed by atoms with Gasteiger partial charge in [-0.25, -0.2) is 4.98 Å². The summed E-state index contributed by atoms with van der Waals surface area (Å²) in [5.41, 5.74) is 0.0886. The molecule has 12 heteroatoms. The number of likely N-dealkylation sites (tertiary alicyclic amines) is 1. The summed E-state index contributed by atoms with van der Waals surface area (Å²) >= 11 is 0. The lowest BCUT2D eigenvalue weighted by Gasteiger charge is -2.35. The van der Waals surface area contributed by atoms with E-state index in [0.29, 0.717) is 30.5 Å². The van der Waals surface area contributed by atoms with Crippen molar-refractivity contribution in [3.05, 3.63) is 41.6 Å². The van der Waals surface area contributed by atoms with Gasteiger partial charge in [-0.05, 0) is 76.5 Å². The van der Waals surface area contributed by atoms with Crippen LogP contribution in [0, 0.1) is 0 Å². The molecule has 1 saturated heterocycles. The van der Waals surface area contributed by atoms with Gasteiger partial charge in [0.05, 0.1) is 0 Å². The van der Waals surface area contributed by atoms with Gasteiger partial charge in [-0.15, -0.1) is 0 Å². The molecule has 1 aromatic heterocycles. The monoisotopic (exact) mass is 547 g/mol. The Bertz CT molecular complexity index is 1150. The Morgan fingerprint density at radius 2 is 1.74 bits per heavy atom. The summed E-state index contributed by atoms with van der Waals surface area (Å²) in [5, 5.41) is 8.73. The highest BCUT2D eigenvalue weighted by Crippen LogP contribution is 2.35. The van der Waals surface area contributed by atoms with Crippen molar-refractivity contribution in [3.63, 3.8) is 0 Å². The Morgan fingerprint density at radius 1 is 1.08 bits per heavy atom. The molecule has 0 unspecified atom stereocenters. The molecule has 2 atom stereocenters. The average molecular weight is 548 g/mol. The molecule has 212 valence electrons. The van der Waals surface area contributed by atoms with Crippen LogP contribution in [0.25, 0.3) is 0 Å². The number of carbonyl (C=O) groups is 2. The molecule has 0 radical (unpaired) electrons. The van der Waals surface area contributed by atoms with Crippen LogP contribution in [0.1, 0.15) is 61.4 Å². The number of alkyl halides is 3. The lowest BCUT2D eigenvalue weighted by atomic mass is 10.0. The molecule has 2 heterocycles. The van der Waals surface area contributed by atoms with E-state index in [1.807, 2.05) is 7.05 Å². The topological polar surface area (TPSA) is 102 Å². The summed E-state index contributed by atoms with van der Waals surface area (Å²) in [6.45, 7) is 3.63. The van der Waals surface area contributed by atoms with Gasteiger partial charge in [0.1, 0.15) is 11.4 Å². The van der Waals surface area contributed by atoms with Crippen LogP contribution in [0.5, 0.6) is 0 Å². The molecule has 0 bridgehead atoms. The Kier molecular flexibility index (Phi) is 8.94. The summed E-state index contributed by atoms with van der Waals surface area (Å²) in [7, 11) is 3.89. The molecule has 1 aromatic carbocycles. The molecule has 1 aliphatic carbocycles. The van der Waals surface area contributed by atoms with Crippen LogP contribution in [-0.4, -0.2) is 76.9 Å². The van der Waals surface area contributed by atoms with E-state index in [0.717, 1.165) is 38.5 Å². The summed E-state index contributed by atoms with van der Waals surface area (Å²) < 4.78 is 41.2. The predicted molar refractivity (Wildman–Crippen MR) is 143 cm³/mol. The molecule has 9 nitrogen and oxygen atoms in total. The Labute approximate surface area is 226 Å². The van der Waals surface area contributed by atoms with Crippen LogP contribution in [0.3, 0.4) is 0 Å². The fourth-order valence-corrected chi connectivity index (χ4v) is 5.13. The molecule has 0 spiro atoms. The van der Waals surface area contributed by atoms with E-state index >= 15 is 0 Å². The van der Waals surface area contributed by atoms with Crippen molar-refractivity contribution in [2.24, 2.45) is 0 Å². The Morgan fingerprint density at radius 3 is 2.38 bits per heavy atom. The minimum absolute atomic E-state index is 0.0137. The molecule has 2 aromatic rings. The minimum atomic E-state index is -4.65. The number of nitrogens with one attached hydrogen (secondary N) is 3. The largest absolute Gasteiger partial charge is 0.421 e. The number of hydrogen-bond acceptors (Lipinski definition) is 7. The molecule has 2 aliphatic rings. The fraction of sp³-hybridized carbons (Fsp3) is 0.556. The number of anilines is 3. The lowest BCUT2D eigenvalue weighted by Crippen LogP contribution is -2.44. The van der Waals surface area contributed by atoms with E-state index in [4.69, 9.17) is 0 Å². The van der Waals surface area contributed by atoms with Gasteiger partial charge in [0.2, 0.25) is 11.9 Å². The van der Waals surface area contributed by atoms with Crippen molar-refractivity contribution in [3.8, 4) is 0 Å². The normalized spacial score (nSPS) is 20.5. The van der Waals surface area contributed by atoms with Gasteiger partial charge in [0.25, 0.3) is 5.91 Å². The van der Waals surface area contributed by atoms with E-state index < -0.39 is 11.7 Å². The lowest BCUT2D eigenvalue weighted by molar-refractivity contribution is -0.137. The first-order chi connectivity index (χ1) is 18.5. The zero-order valence-corrected chi connectivity index (χ0v) is 22.5. The number of carbonyl (C=O) groups excluding carboxylic acids is 2. The first-order valence-electron chi connectivity index (χ1n) is 13.4. The van der Waals surface area contributed by atoms with Crippen molar-refractivity contribution < 1.29 is 22.8 Å². The third-order valence-corrected chi connectivity index (χ3v) is 7.54. The van der Waals surface area contributed by atoms with E-state index in [9.17, 15) is 22.8 Å². The highest BCUT2D eigenvalue weighted by atomic mass is 19.4. The van der Waals surface area contributed by atoms with Gasteiger partial charge in [0, 0.05) is 49.0 Å². The first kappa shape index (κ1) is 28.6. The van der Waals surface area contributed by atoms with Crippen molar-refractivity contribution in [1.29, 1.82) is 0 Å². The second-order valence-corrected chi connectivity index (χ2v) is 10.3. The molecule has 1 saturated carbocycles. The van der Waals surface area contributed by atoms with Crippen LogP contribution < -0.4 is 16.0 Å². The summed E-state index contributed by atoms with van der Waals surface area (Å²) in [6, 6.07) is 6.25. The van der Waals surface area contributed by atoms with Gasteiger partial charge in [-0.3, -0.25) is 9.59 Å². The van der Waals surface area contributed by atoms with Crippen LogP contribution in [-0.2, 0) is 11.0 Å². The highest BCUT2D eigenvalue weighted by Gasteiger charge is 2.37. The number of halogens is 3. The van der Waals surface area contributed by atoms with E-state index in [1.165, 1.54) is 0 Å². The Balaban J connectivity index is 1.46. The highest BCUT2D eigenvalue weighted by molar-refractivity contribution is 5.94. The van der Waals surface area contributed by atoms with Crippen LogP contribution in [0.15, 0.2) is 30.5 Å². The minimum Gasteiger partial charge on any atom is -0.365 e. The van der Waals surface area contributed by atoms with E-state index in [-0.39, 0.29) is 41.7 Å². The molecule has 2 amide bonds. The van der Waals surface area contributed by atoms with Crippen LogP contribution in [0.2, 0.25) is 0 Å². The summed E-state index contributed by atoms with van der Waals surface area (Å²) in [5.74, 6) is -0.571. The van der Waals surface area contributed by atoms with E-state index in [1.54, 1.807) is 36.1 Å². The average Bonchev–Trinajstić information content (AvgIpc) is 3.34. The molecule has 4 rings (SSSR count). The molecule has 3 N–H and O–H groups in total.